The molecule has 2 aliphatic heterocycles. The number of methoxy groups -OCH3 is 3. The highest BCUT2D eigenvalue weighted by molar-refractivity contribution is 5.99. The Morgan fingerprint density at radius 3 is 2.27 bits per heavy atom. The Bertz CT molecular complexity index is 1100. The number of cyclic esters (lactones) is 1. The summed E-state index contributed by atoms with van der Waals surface area (Å²) in [4.78, 5) is 27.3. The fourth-order valence-electron chi connectivity index (χ4n) is 9.13. The van der Waals surface area contributed by atoms with Crippen molar-refractivity contribution >= 4 is 11.8 Å². The molecule has 0 spiro atoms. The van der Waals surface area contributed by atoms with Gasteiger partial charge in [-0.15, -0.1) is 0 Å². The number of ether oxygens (including phenoxy) is 6. The number of carbonyl (C=O) groups excluding carboxylic acids is 2. The van der Waals surface area contributed by atoms with Crippen LogP contribution in [-0.4, -0.2) is 87.2 Å². The molecule has 1 N–H and O–H groups in total. The second-order valence-corrected chi connectivity index (χ2v) is 14.2. The Morgan fingerprint density at radius 2 is 1.59 bits per heavy atom. The van der Waals surface area contributed by atoms with Gasteiger partial charge in [-0.05, 0) is 87.0 Å². The summed E-state index contributed by atoms with van der Waals surface area (Å²) in [5.74, 6) is 0.230. The number of allylic oxidation sites excluding steroid dienone is 4. The van der Waals surface area contributed by atoms with E-state index in [1.807, 2.05) is 13.8 Å². The van der Waals surface area contributed by atoms with E-state index in [-0.39, 0.29) is 72.4 Å². The summed E-state index contributed by atoms with van der Waals surface area (Å²) in [5.41, 5.74) is 0.705. The number of carbonyl (C=O) groups is 2. The van der Waals surface area contributed by atoms with Gasteiger partial charge in [0.2, 0.25) is 0 Å². The van der Waals surface area contributed by atoms with Crippen LogP contribution in [0.25, 0.3) is 0 Å². The molecule has 0 aromatic heterocycles. The van der Waals surface area contributed by atoms with Crippen LogP contribution in [0.3, 0.4) is 0 Å². The van der Waals surface area contributed by atoms with E-state index in [0.717, 1.165) is 38.5 Å². The van der Waals surface area contributed by atoms with Crippen LogP contribution in [0, 0.1) is 41.4 Å². The van der Waals surface area contributed by atoms with Gasteiger partial charge in [0, 0.05) is 33.2 Å². The number of esters is 1. The van der Waals surface area contributed by atoms with Crippen LogP contribution in [0.2, 0.25) is 0 Å². The number of ketones is 1. The zero-order chi connectivity index (χ0) is 31.1. The van der Waals surface area contributed by atoms with Crippen LogP contribution < -0.4 is 0 Å². The normalized spacial score (nSPS) is 46.5. The first-order valence-corrected chi connectivity index (χ1v) is 16.9. The Kier molecular flexibility index (Phi) is 10.0. The van der Waals surface area contributed by atoms with Crippen molar-refractivity contribution in [2.45, 2.75) is 121 Å². The average Bonchev–Trinajstić information content (AvgIpc) is 3.55. The van der Waals surface area contributed by atoms with Gasteiger partial charge in [-0.25, -0.2) is 0 Å². The smallest absolute Gasteiger partial charge is 0.306 e. The Balaban J connectivity index is 1.19. The molecule has 2 saturated heterocycles. The largest absolute Gasteiger partial charge is 0.462 e. The van der Waals surface area contributed by atoms with Gasteiger partial charge in [0.25, 0.3) is 0 Å². The number of aliphatic hydroxyl groups is 1. The molecule has 6 aliphatic rings. The lowest BCUT2D eigenvalue weighted by molar-refractivity contribution is -0.314. The van der Waals surface area contributed by atoms with Gasteiger partial charge in [0.1, 0.15) is 24.4 Å². The van der Waals surface area contributed by atoms with Crippen LogP contribution in [0.15, 0.2) is 23.8 Å². The minimum Gasteiger partial charge on any atom is -0.462 e. The molecule has 246 valence electrons. The summed E-state index contributed by atoms with van der Waals surface area (Å²) >= 11 is 0. The molecule has 4 aliphatic carbocycles. The second-order valence-electron chi connectivity index (χ2n) is 14.2. The number of hydrogen-bond donors (Lipinski definition) is 1. The third kappa shape index (κ3) is 6.09. The van der Waals surface area contributed by atoms with Crippen molar-refractivity contribution in [2.24, 2.45) is 41.4 Å². The summed E-state index contributed by atoms with van der Waals surface area (Å²) < 4.78 is 36.2. The van der Waals surface area contributed by atoms with Gasteiger partial charge in [-0.3, -0.25) is 9.59 Å². The molecule has 14 unspecified atom stereocenters. The van der Waals surface area contributed by atoms with Gasteiger partial charge in [0.05, 0.1) is 24.7 Å². The summed E-state index contributed by atoms with van der Waals surface area (Å²) in [6.07, 6.45) is 11.3. The lowest BCUT2D eigenvalue weighted by atomic mass is 9.70. The molecular formula is C35H52O9. The highest BCUT2D eigenvalue weighted by Crippen LogP contribution is 2.54. The first kappa shape index (κ1) is 32.3. The predicted octanol–water partition coefficient (Wildman–Crippen LogP) is 4.40. The fourth-order valence-corrected chi connectivity index (χ4v) is 9.13. The molecular weight excluding hydrogens is 564 g/mol. The van der Waals surface area contributed by atoms with Gasteiger partial charge in [0.15, 0.2) is 12.1 Å². The molecule has 0 radical (unpaired) electrons. The topological polar surface area (TPSA) is 110 Å². The molecule has 44 heavy (non-hydrogen) atoms. The van der Waals surface area contributed by atoms with Crippen molar-refractivity contribution in [3.8, 4) is 0 Å². The van der Waals surface area contributed by atoms with Gasteiger partial charge < -0.3 is 33.5 Å². The molecule has 6 rings (SSSR count). The van der Waals surface area contributed by atoms with E-state index >= 15 is 0 Å². The van der Waals surface area contributed by atoms with Crippen molar-refractivity contribution in [1.29, 1.82) is 0 Å². The van der Waals surface area contributed by atoms with Crippen LogP contribution in [0.1, 0.15) is 71.6 Å². The third-order valence-electron chi connectivity index (χ3n) is 11.9. The van der Waals surface area contributed by atoms with Crippen LogP contribution in [0.5, 0.6) is 0 Å². The molecule has 0 aromatic carbocycles. The third-order valence-corrected chi connectivity index (χ3v) is 11.9. The Hall–Kier alpha value is -1.62. The summed E-state index contributed by atoms with van der Waals surface area (Å²) in [6.45, 7) is 3.81. The highest BCUT2D eigenvalue weighted by atomic mass is 16.7. The van der Waals surface area contributed by atoms with Crippen LogP contribution in [-0.2, 0) is 38.0 Å². The maximum atomic E-state index is 13.9. The molecule has 0 aromatic rings. The van der Waals surface area contributed by atoms with Gasteiger partial charge in [-0.1, -0.05) is 31.6 Å². The summed E-state index contributed by atoms with van der Waals surface area (Å²) in [6, 6.07) is 0. The number of aliphatic hydroxyl groups excluding tert-OH is 1. The van der Waals surface area contributed by atoms with Crippen molar-refractivity contribution in [1.82, 2.24) is 0 Å². The predicted molar refractivity (Wildman–Crippen MR) is 161 cm³/mol. The number of hydrogen-bond acceptors (Lipinski definition) is 9. The molecule has 14 atom stereocenters. The maximum absolute atomic E-state index is 13.9. The van der Waals surface area contributed by atoms with E-state index in [1.54, 1.807) is 21.3 Å². The monoisotopic (exact) mass is 616 g/mol. The van der Waals surface area contributed by atoms with Gasteiger partial charge >= 0.3 is 5.97 Å². The zero-order valence-corrected chi connectivity index (χ0v) is 27.0. The minimum atomic E-state index is -0.698. The number of Topliss-reactive ketones (excluding diaryl/α,β-unsaturated/α-hetero) is 1. The minimum absolute atomic E-state index is 0.0256. The average molecular weight is 617 g/mol. The van der Waals surface area contributed by atoms with Crippen molar-refractivity contribution in [3.63, 3.8) is 0 Å². The first-order valence-electron chi connectivity index (χ1n) is 16.9. The van der Waals surface area contributed by atoms with E-state index in [0.29, 0.717) is 23.8 Å². The quantitative estimate of drug-likeness (QED) is 0.343. The van der Waals surface area contributed by atoms with E-state index in [1.165, 1.54) is 6.42 Å². The molecule has 0 amide bonds. The van der Waals surface area contributed by atoms with Crippen LogP contribution in [0.4, 0.5) is 0 Å². The summed E-state index contributed by atoms with van der Waals surface area (Å²) in [5, 5.41) is 11.0. The first-order chi connectivity index (χ1) is 21.2. The van der Waals surface area contributed by atoms with E-state index < -0.39 is 24.4 Å². The maximum Gasteiger partial charge on any atom is 0.306 e. The van der Waals surface area contributed by atoms with E-state index in [2.05, 4.69) is 18.2 Å². The van der Waals surface area contributed by atoms with Crippen LogP contribution >= 0.6 is 0 Å². The fraction of sp³-hybridized carbons (Fsp3) is 0.829. The number of fused-ring (bicyclic) bond motifs is 5. The van der Waals surface area contributed by atoms with E-state index in [4.69, 9.17) is 28.4 Å². The summed E-state index contributed by atoms with van der Waals surface area (Å²) in [7, 11) is 4.95. The van der Waals surface area contributed by atoms with Crippen molar-refractivity contribution in [2.75, 3.05) is 21.3 Å². The van der Waals surface area contributed by atoms with Crippen molar-refractivity contribution < 1.29 is 43.1 Å². The van der Waals surface area contributed by atoms with E-state index in [9.17, 15) is 14.7 Å². The van der Waals surface area contributed by atoms with Gasteiger partial charge in [-0.2, -0.15) is 0 Å². The molecule has 2 saturated carbocycles. The lowest BCUT2D eigenvalue weighted by Crippen LogP contribution is -2.59. The molecule has 4 fully saturated rings. The second kappa shape index (κ2) is 13.6. The SMILES string of the molecule is COC1C(C)OC(OC2CC3C=CC4C5CC(=O)OC(C6CCC6)CCCC(O)C(C)C(=O)C5=CC4C3C2)C(OC)C1OC. The zero-order valence-electron chi connectivity index (χ0n) is 27.0. The molecule has 0 bridgehead atoms. The Labute approximate surface area is 262 Å². The number of rotatable bonds is 6. The molecule has 9 heteroatoms. The standard InChI is InChI=1S/C35H52O9/c1-18-28(36)10-7-11-29(20-8-6-9-20)44-30(37)17-26-23-13-12-21-14-22(15-24(21)25(23)16-27(26)31(18)38)43-35-34(41-5)33(40-4)32(39-3)19(2)42-35/h12-13,16,18-26,28-29,32-36H,6-11,14-15,17H2,1-5H3. The molecule has 9 nitrogen and oxygen atoms in total. The highest BCUT2D eigenvalue weighted by Gasteiger charge is 2.52. The lowest BCUT2D eigenvalue weighted by Gasteiger charge is -2.44. The Morgan fingerprint density at radius 1 is 0.864 bits per heavy atom. The molecule has 2 heterocycles. The van der Waals surface area contributed by atoms with Crippen molar-refractivity contribution in [3.05, 3.63) is 23.8 Å².